The first-order valence-corrected chi connectivity index (χ1v) is 7.39. The second-order valence-corrected chi connectivity index (χ2v) is 5.30. The van der Waals surface area contributed by atoms with Gasteiger partial charge in [0.25, 0.3) is 0 Å². The van der Waals surface area contributed by atoms with E-state index in [4.69, 9.17) is 16.3 Å². The Balaban J connectivity index is 1.99. The van der Waals surface area contributed by atoms with Crippen LogP contribution in [0, 0.1) is 0 Å². The Hall–Kier alpha value is -1.77. The highest BCUT2D eigenvalue weighted by Crippen LogP contribution is 2.20. The Morgan fingerprint density at radius 1 is 1.19 bits per heavy atom. The summed E-state index contributed by atoms with van der Waals surface area (Å²) in [7, 11) is 0. The van der Waals surface area contributed by atoms with Crippen LogP contribution in [0.15, 0.2) is 61.2 Å². The first-order chi connectivity index (χ1) is 10.2. The molecule has 1 N–H and O–H groups in total. The van der Waals surface area contributed by atoms with Gasteiger partial charge in [0.15, 0.2) is 0 Å². The highest BCUT2D eigenvalue weighted by atomic mass is 35.5. The quantitative estimate of drug-likeness (QED) is 0.745. The van der Waals surface area contributed by atoms with Crippen LogP contribution in [0.4, 0.5) is 0 Å². The van der Waals surface area contributed by atoms with Crippen LogP contribution in [0.2, 0.25) is 5.02 Å². The third-order valence-electron chi connectivity index (χ3n) is 3.30. The summed E-state index contributed by atoms with van der Waals surface area (Å²) in [6, 6.07) is 16.2. The lowest BCUT2D eigenvalue weighted by Gasteiger charge is -2.16. The molecule has 2 aromatic carbocycles. The molecule has 0 radical (unpaired) electrons. The minimum atomic E-state index is 0.245. The Kier molecular flexibility index (Phi) is 5.85. The SMILES string of the molecule is C=CCOc1ccccc1CN[C@@H](C)c1ccc(Cl)cc1. The molecule has 2 aromatic rings. The molecule has 0 amide bonds. The maximum Gasteiger partial charge on any atom is 0.124 e. The minimum Gasteiger partial charge on any atom is -0.489 e. The van der Waals surface area contributed by atoms with E-state index in [0.717, 1.165) is 22.9 Å². The molecular weight excluding hydrogens is 282 g/mol. The molecule has 0 saturated heterocycles. The topological polar surface area (TPSA) is 21.3 Å². The number of para-hydroxylation sites is 1. The largest absolute Gasteiger partial charge is 0.489 e. The molecule has 21 heavy (non-hydrogen) atoms. The summed E-state index contributed by atoms with van der Waals surface area (Å²) in [5.41, 5.74) is 2.35. The van der Waals surface area contributed by atoms with Crippen molar-refractivity contribution in [3.05, 3.63) is 77.3 Å². The fraction of sp³-hybridized carbons (Fsp3) is 0.222. The van der Waals surface area contributed by atoms with Crippen molar-refractivity contribution in [2.24, 2.45) is 0 Å². The maximum atomic E-state index is 5.91. The number of ether oxygens (including phenoxy) is 1. The molecule has 0 unspecified atom stereocenters. The fourth-order valence-electron chi connectivity index (χ4n) is 2.07. The van der Waals surface area contributed by atoms with E-state index in [9.17, 15) is 0 Å². The summed E-state index contributed by atoms with van der Waals surface area (Å²) in [6.45, 7) is 7.08. The molecular formula is C18H20ClNO. The van der Waals surface area contributed by atoms with E-state index in [1.807, 2.05) is 42.5 Å². The van der Waals surface area contributed by atoms with Crippen LogP contribution in [0.3, 0.4) is 0 Å². The molecule has 3 heteroatoms. The summed E-state index contributed by atoms with van der Waals surface area (Å²) >= 11 is 5.91. The first-order valence-electron chi connectivity index (χ1n) is 7.01. The van der Waals surface area contributed by atoms with Gasteiger partial charge in [-0.1, -0.05) is 54.6 Å². The number of hydrogen-bond acceptors (Lipinski definition) is 2. The fourth-order valence-corrected chi connectivity index (χ4v) is 2.20. The van der Waals surface area contributed by atoms with E-state index in [-0.39, 0.29) is 6.04 Å². The van der Waals surface area contributed by atoms with E-state index >= 15 is 0 Å². The number of halogens is 1. The van der Waals surface area contributed by atoms with Crippen molar-refractivity contribution in [2.45, 2.75) is 19.5 Å². The van der Waals surface area contributed by atoms with Crippen LogP contribution in [0.5, 0.6) is 5.75 Å². The molecule has 0 aliphatic carbocycles. The van der Waals surface area contributed by atoms with Crippen LogP contribution in [-0.2, 0) is 6.54 Å². The molecule has 0 spiro atoms. The number of rotatable bonds is 7. The molecule has 0 aliphatic rings. The van der Waals surface area contributed by atoms with Gasteiger partial charge >= 0.3 is 0 Å². The van der Waals surface area contributed by atoms with Crippen molar-refractivity contribution in [1.82, 2.24) is 5.32 Å². The highest BCUT2D eigenvalue weighted by molar-refractivity contribution is 6.30. The molecule has 0 fully saturated rings. The summed E-state index contributed by atoms with van der Waals surface area (Å²) in [5, 5.41) is 4.26. The number of hydrogen-bond donors (Lipinski definition) is 1. The molecule has 2 nitrogen and oxygen atoms in total. The average Bonchev–Trinajstić information content (AvgIpc) is 2.52. The van der Waals surface area contributed by atoms with Crippen LogP contribution in [-0.4, -0.2) is 6.61 Å². The van der Waals surface area contributed by atoms with Crippen molar-refractivity contribution in [3.63, 3.8) is 0 Å². The van der Waals surface area contributed by atoms with Crippen molar-refractivity contribution in [3.8, 4) is 5.75 Å². The van der Waals surface area contributed by atoms with E-state index in [1.54, 1.807) is 6.08 Å². The number of nitrogens with one attached hydrogen (secondary N) is 1. The standard InChI is InChI=1S/C18H20ClNO/c1-3-12-21-18-7-5-4-6-16(18)13-20-14(2)15-8-10-17(19)11-9-15/h3-11,14,20H,1,12-13H2,2H3/t14-/m0/s1. The van der Waals surface area contributed by atoms with E-state index in [2.05, 4.69) is 24.9 Å². The van der Waals surface area contributed by atoms with E-state index < -0.39 is 0 Å². The Labute approximate surface area is 131 Å². The Bertz CT molecular complexity index is 580. The maximum absolute atomic E-state index is 5.91. The van der Waals surface area contributed by atoms with Gasteiger partial charge in [0.2, 0.25) is 0 Å². The molecule has 2 rings (SSSR count). The molecule has 0 aromatic heterocycles. The third-order valence-corrected chi connectivity index (χ3v) is 3.55. The average molecular weight is 302 g/mol. The molecule has 1 atom stereocenters. The van der Waals surface area contributed by atoms with Gasteiger partial charge in [0, 0.05) is 23.2 Å². The normalized spacial score (nSPS) is 11.9. The van der Waals surface area contributed by atoms with Gasteiger partial charge in [-0.25, -0.2) is 0 Å². The van der Waals surface area contributed by atoms with Gasteiger partial charge < -0.3 is 10.1 Å². The molecule has 110 valence electrons. The van der Waals surface area contributed by atoms with E-state index in [0.29, 0.717) is 6.61 Å². The zero-order chi connectivity index (χ0) is 15.1. The Morgan fingerprint density at radius 3 is 2.62 bits per heavy atom. The van der Waals surface area contributed by atoms with Gasteiger partial charge in [-0.05, 0) is 30.7 Å². The summed E-state index contributed by atoms with van der Waals surface area (Å²) in [4.78, 5) is 0. The smallest absolute Gasteiger partial charge is 0.124 e. The van der Waals surface area contributed by atoms with Crippen molar-refractivity contribution < 1.29 is 4.74 Å². The van der Waals surface area contributed by atoms with Crippen LogP contribution in [0.25, 0.3) is 0 Å². The summed E-state index contributed by atoms with van der Waals surface area (Å²) in [5.74, 6) is 0.896. The van der Waals surface area contributed by atoms with Crippen LogP contribution >= 0.6 is 11.6 Å². The monoisotopic (exact) mass is 301 g/mol. The lowest BCUT2D eigenvalue weighted by atomic mass is 10.1. The second-order valence-electron chi connectivity index (χ2n) is 4.86. The van der Waals surface area contributed by atoms with Gasteiger partial charge in [0.1, 0.15) is 12.4 Å². The predicted octanol–water partition coefficient (Wildman–Crippen LogP) is 4.76. The summed E-state index contributed by atoms with van der Waals surface area (Å²) < 4.78 is 5.66. The Morgan fingerprint density at radius 2 is 1.90 bits per heavy atom. The van der Waals surface area contributed by atoms with Gasteiger partial charge in [-0.3, -0.25) is 0 Å². The van der Waals surface area contributed by atoms with E-state index in [1.165, 1.54) is 5.56 Å². The van der Waals surface area contributed by atoms with Crippen LogP contribution < -0.4 is 10.1 Å². The highest BCUT2D eigenvalue weighted by Gasteiger charge is 2.07. The molecule has 0 bridgehead atoms. The third kappa shape index (κ3) is 4.62. The number of benzene rings is 2. The van der Waals surface area contributed by atoms with Crippen molar-refractivity contribution in [2.75, 3.05) is 6.61 Å². The second kappa shape index (κ2) is 7.87. The van der Waals surface area contributed by atoms with Gasteiger partial charge in [-0.15, -0.1) is 0 Å². The lowest BCUT2D eigenvalue weighted by molar-refractivity contribution is 0.357. The minimum absolute atomic E-state index is 0.245. The van der Waals surface area contributed by atoms with Gasteiger partial charge in [-0.2, -0.15) is 0 Å². The predicted molar refractivity (Wildman–Crippen MR) is 88.8 cm³/mol. The molecule has 0 saturated carbocycles. The van der Waals surface area contributed by atoms with Crippen molar-refractivity contribution >= 4 is 11.6 Å². The lowest BCUT2D eigenvalue weighted by Crippen LogP contribution is -2.18. The van der Waals surface area contributed by atoms with Crippen LogP contribution in [0.1, 0.15) is 24.1 Å². The van der Waals surface area contributed by atoms with Gasteiger partial charge in [0.05, 0.1) is 0 Å². The summed E-state index contributed by atoms with van der Waals surface area (Å²) in [6.07, 6.45) is 1.75. The zero-order valence-electron chi connectivity index (χ0n) is 12.2. The first kappa shape index (κ1) is 15.6. The molecule has 0 aliphatic heterocycles. The zero-order valence-corrected chi connectivity index (χ0v) is 12.9. The van der Waals surface area contributed by atoms with Crippen molar-refractivity contribution in [1.29, 1.82) is 0 Å². The molecule has 0 heterocycles.